The average molecular weight is 290 g/mol. The molecule has 0 N–H and O–H groups in total. The molecule has 1 aromatic carbocycles. The van der Waals surface area contributed by atoms with Crippen molar-refractivity contribution < 1.29 is 9.53 Å². The third-order valence-corrected chi connectivity index (χ3v) is 9.70. The predicted octanol–water partition coefficient (Wildman–Crippen LogP) is 3.89. The fourth-order valence-corrected chi connectivity index (χ4v) is 6.68. The number of carbonyl (C=O) groups is 1. The van der Waals surface area contributed by atoms with Crippen molar-refractivity contribution in [3.8, 4) is 0 Å². The summed E-state index contributed by atoms with van der Waals surface area (Å²) in [7, 11) is -1.43. The third-order valence-electron chi connectivity index (χ3n) is 4.12. The number of hydrogen-bond donors (Lipinski definition) is 0. The van der Waals surface area contributed by atoms with Gasteiger partial charge in [-0.25, -0.2) is 4.79 Å². The molecule has 1 aromatic rings. The topological polar surface area (TPSA) is 26.3 Å². The summed E-state index contributed by atoms with van der Waals surface area (Å²) in [6.07, 6.45) is 0.946. The van der Waals surface area contributed by atoms with Crippen molar-refractivity contribution in [3.63, 3.8) is 0 Å². The molecule has 110 valence electrons. The minimum Gasteiger partial charge on any atom is -0.462 e. The predicted molar refractivity (Wildman–Crippen MR) is 88.0 cm³/mol. The smallest absolute Gasteiger partial charge is 0.333 e. The van der Waals surface area contributed by atoms with Gasteiger partial charge in [0.2, 0.25) is 0 Å². The Kier molecular flexibility index (Phi) is 6.72. The number of esters is 1. The summed E-state index contributed by atoms with van der Waals surface area (Å²) < 4.78 is 5.21. The van der Waals surface area contributed by atoms with Crippen molar-refractivity contribution in [2.75, 3.05) is 6.61 Å². The third kappa shape index (κ3) is 4.34. The summed E-state index contributed by atoms with van der Waals surface area (Å²) in [6, 6.07) is 14.5. The second-order valence-corrected chi connectivity index (χ2v) is 10.4. The summed E-state index contributed by atoms with van der Waals surface area (Å²) in [5.41, 5.74) is 0.475. The van der Waals surface area contributed by atoms with E-state index in [-0.39, 0.29) is 5.97 Å². The molecule has 0 radical (unpaired) electrons. The van der Waals surface area contributed by atoms with Gasteiger partial charge in [-0.1, -0.05) is 68.0 Å². The lowest BCUT2D eigenvalue weighted by Gasteiger charge is -2.30. The SMILES string of the molecule is C=C(C)C(=O)OCCC[Si](CC)(CC)c1ccccc1. The van der Waals surface area contributed by atoms with Crippen LogP contribution < -0.4 is 5.19 Å². The minimum absolute atomic E-state index is 0.273. The molecular weight excluding hydrogens is 264 g/mol. The van der Waals surface area contributed by atoms with Gasteiger partial charge in [-0.05, 0) is 19.4 Å². The van der Waals surface area contributed by atoms with Crippen LogP contribution in [-0.2, 0) is 9.53 Å². The van der Waals surface area contributed by atoms with E-state index in [0.29, 0.717) is 12.2 Å². The largest absolute Gasteiger partial charge is 0.462 e. The summed E-state index contributed by atoms with van der Waals surface area (Å²) >= 11 is 0. The van der Waals surface area contributed by atoms with Gasteiger partial charge >= 0.3 is 5.97 Å². The van der Waals surface area contributed by atoms with Gasteiger partial charge < -0.3 is 4.74 Å². The number of hydrogen-bond acceptors (Lipinski definition) is 2. The van der Waals surface area contributed by atoms with Crippen molar-refractivity contribution in [1.29, 1.82) is 0 Å². The van der Waals surface area contributed by atoms with Crippen LogP contribution >= 0.6 is 0 Å². The van der Waals surface area contributed by atoms with Crippen LogP contribution in [0, 0.1) is 0 Å². The van der Waals surface area contributed by atoms with Crippen LogP contribution in [-0.4, -0.2) is 20.7 Å². The van der Waals surface area contributed by atoms with Gasteiger partial charge in [0.15, 0.2) is 0 Å². The van der Waals surface area contributed by atoms with E-state index in [1.807, 2.05) is 0 Å². The van der Waals surface area contributed by atoms with Crippen LogP contribution in [0.15, 0.2) is 42.5 Å². The van der Waals surface area contributed by atoms with E-state index < -0.39 is 8.07 Å². The molecule has 1 rings (SSSR count). The molecule has 0 amide bonds. The molecule has 0 atom stereocenters. The average Bonchev–Trinajstić information content (AvgIpc) is 2.48. The van der Waals surface area contributed by atoms with Crippen LogP contribution in [0.25, 0.3) is 0 Å². The molecule has 0 bridgehead atoms. The maximum absolute atomic E-state index is 11.4. The molecule has 0 fully saturated rings. The number of rotatable bonds is 8. The van der Waals surface area contributed by atoms with Crippen molar-refractivity contribution in [2.45, 2.75) is 45.3 Å². The molecule has 3 heteroatoms. The van der Waals surface area contributed by atoms with E-state index in [0.717, 1.165) is 6.42 Å². The zero-order valence-electron chi connectivity index (χ0n) is 12.9. The lowest BCUT2D eigenvalue weighted by Crippen LogP contribution is -2.46. The second-order valence-electron chi connectivity index (χ2n) is 5.37. The molecule has 0 aromatic heterocycles. The highest BCUT2D eigenvalue weighted by Gasteiger charge is 2.30. The first-order chi connectivity index (χ1) is 9.55. The van der Waals surface area contributed by atoms with Crippen molar-refractivity contribution in [2.24, 2.45) is 0 Å². The molecule has 0 aliphatic rings. The van der Waals surface area contributed by atoms with Gasteiger partial charge in [-0.15, -0.1) is 0 Å². The van der Waals surface area contributed by atoms with E-state index in [2.05, 4.69) is 50.8 Å². The summed E-state index contributed by atoms with van der Waals surface area (Å²) in [4.78, 5) is 11.4. The molecule has 0 saturated heterocycles. The zero-order chi connectivity index (χ0) is 15.0. The summed E-state index contributed by atoms with van der Waals surface area (Å²) in [6.45, 7) is 10.4. The lowest BCUT2D eigenvalue weighted by atomic mass is 10.4. The molecule has 20 heavy (non-hydrogen) atoms. The molecule has 0 saturated carbocycles. The van der Waals surface area contributed by atoms with Gasteiger partial charge in [0.25, 0.3) is 0 Å². The summed E-state index contributed by atoms with van der Waals surface area (Å²) in [5, 5.41) is 1.52. The summed E-state index contributed by atoms with van der Waals surface area (Å²) in [5.74, 6) is -0.273. The Morgan fingerprint density at radius 3 is 2.30 bits per heavy atom. The normalized spacial score (nSPS) is 11.2. The fourth-order valence-electron chi connectivity index (χ4n) is 2.65. The maximum Gasteiger partial charge on any atom is 0.333 e. The molecule has 0 aliphatic carbocycles. The molecule has 0 heterocycles. The van der Waals surface area contributed by atoms with Crippen LogP contribution in [0.5, 0.6) is 0 Å². The van der Waals surface area contributed by atoms with Crippen LogP contribution in [0.2, 0.25) is 18.1 Å². The second kappa shape index (κ2) is 8.05. The Balaban J connectivity index is 2.60. The minimum atomic E-state index is -1.43. The quantitative estimate of drug-likeness (QED) is 0.314. The zero-order valence-corrected chi connectivity index (χ0v) is 13.9. The van der Waals surface area contributed by atoms with E-state index in [1.54, 1.807) is 6.92 Å². The maximum atomic E-state index is 11.4. The number of carbonyl (C=O) groups excluding carboxylic acids is 1. The standard InChI is InChI=1S/C17H26O2Si/c1-5-20(6-2,16-11-8-7-9-12-16)14-10-13-19-17(18)15(3)4/h7-9,11-12H,3,5-6,10,13-14H2,1-2,4H3. The monoisotopic (exact) mass is 290 g/mol. The number of benzene rings is 1. The van der Waals surface area contributed by atoms with E-state index in [4.69, 9.17) is 4.74 Å². The molecular formula is C17H26O2Si. The highest BCUT2D eigenvalue weighted by molar-refractivity contribution is 6.91. The lowest BCUT2D eigenvalue weighted by molar-refractivity contribution is -0.138. The van der Waals surface area contributed by atoms with Gasteiger partial charge in [0, 0.05) is 5.57 Å². The Morgan fingerprint density at radius 2 is 1.80 bits per heavy atom. The van der Waals surface area contributed by atoms with E-state index in [9.17, 15) is 4.79 Å². The Morgan fingerprint density at radius 1 is 1.20 bits per heavy atom. The highest BCUT2D eigenvalue weighted by Crippen LogP contribution is 2.22. The molecule has 0 unspecified atom stereocenters. The van der Waals surface area contributed by atoms with Gasteiger partial charge in [0.05, 0.1) is 14.7 Å². The first-order valence-electron chi connectivity index (χ1n) is 7.44. The van der Waals surface area contributed by atoms with Gasteiger partial charge in [-0.2, -0.15) is 0 Å². The Bertz CT molecular complexity index is 436. The Hall–Kier alpha value is -1.35. The first-order valence-corrected chi connectivity index (χ1v) is 10.1. The van der Waals surface area contributed by atoms with Crippen molar-refractivity contribution >= 4 is 19.2 Å². The first kappa shape index (κ1) is 16.7. The fraction of sp³-hybridized carbons (Fsp3) is 0.471. The van der Waals surface area contributed by atoms with Gasteiger partial charge in [-0.3, -0.25) is 0 Å². The molecule has 0 spiro atoms. The highest BCUT2D eigenvalue weighted by atomic mass is 28.3. The van der Waals surface area contributed by atoms with E-state index in [1.165, 1.54) is 23.3 Å². The molecule has 2 nitrogen and oxygen atoms in total. The van der Waals surface area contributed by atoms with Crippen molar-refractivity contribution in [1.82, 2.24) is 0 Å². The van der Waals surface area contributed by atoms with Crippen LogP contribution in [0.3, 0.4) is 0 Å². The molecule has 0 aliphatic heterocycles. The van der Waals surface area contributed by atoms with Gasteiger partial charge in [0.1, 0.15) is 0 Å². The van der Waals surface area contributed by atoms with Crippen LogP contribution in [0.1, 0.15) is 27.2 Å². The number of ether oxygens (including phenoxy) is 1. The van der Waals surface area contributed by atoms with Crippen LogP contribution in [0.4, 0.5) is 0 Å². The Labute approximate surface area is 123 Å². The van der Waals surface area contributed by atoms with E-state index >= 15 is 0 Å². The van der Waals surface area contributed by atoms with Crippen molar-refractivity contribution in [3.05, 3.63) is 42.5 Å².